The number of nitrogens with one attached hydrogen (secondary N) is 1. The quantitative estimate of drug-likeness (QED) is 0.716. The van der Waals surface area contributed by atoms with E-state index in [0.29, 0.717) is 18.2 Å². The number of aromatic nitrogens is 1. The summed E-state index contributed by atoms with van der Waals surface area (Å²) in [4.78, 5) is 19.4. The van der Waals surface area contributed by atoms with Gasteiger partial charge in [0.2, 0.25) is 5.91 Å². The maximum absolute atomic E-state index is 12.9. The molecular weight excluding hydrogens is 374 g/mol. The van der Waals surface area contributed by atoms with Gasteiger partial charge >= 0.3 is 0 Å². The lowest BCUT2D eigenvalue weighted by Gasteiger charge is -2.36. The van der Waals surface area contributed by atoms with Crippen LogP contribution in [-0.2, 0) is 9.53 Å². The van der Waals surface area contributed by atoms with Gasteiger partial charge in [-0.3, -0.25) is 14.7 Å². The first-order chi connectivity index (χ1) is 13.6. The van der Waals surface area contributed by atoms with Gasteiger partial charge < -0.3 is 10.1 Å². The molecule has 4 rings (SSSR count). The van der Waals surface area contributed by atoms with Gasteiger partial charge in [0.05, 0.1) is 30.0 Å². The van der Waals surface area contributed by atoms with Crippen LogP contribution in [0, 0.1) is 0 Å². The van der Waals surface area contributed by atoms with Crippen molar-refractivity contribution < 1.29 is 9.53 Å². The third-order valence-electron chi connectivity index (χ3n) is 5.17. The zero-order chi connectivity index (χ0) is 19.5. The Kier molecular flexibility index (Phi) is 5.57. The molecule has 28 heavy (non-hydrogen) atoms. The molecule has 1 N–H and O–H groups in total. The highest BCUT2D eigenvalue weighted by Crippen LogP contribution is 2.26. The van der Waals surface area contributed by atoms with E-state index in [0.717, 1.165) is 28.7 Å². The maximum Gasteiger partial charge on any atom is 0.241 e. The van der Waals surface area contributed by atoms with Crippen molar-refractivity contribution >= 4 is 34.1 Å². The molecule has 144 valence electrons. The normalized spacial score (nSPS) is 18.7. The smallest absolute Gasteiger partial charge is 0.241 e. The number of anilines is 1. The molecule has 2 aromatic carbocycles. The number of ether oxygens (including phenoxy) is 1. The molecule has 6 heteroatoms. The van der Waals surface area contributed by atoms with E-state index in [4.69, 9.17) is 16.3 Å². The topological polar surface area (TPSA) is 54.5 Å². The van der Waals surface area contributed by atoms with Crippen LogP contribution in [0.4, 0.5) is 5.69 Å². The molecule has 0 unspecified atom stereocenters. The molecule has 0 radical (unpaired) electrons. The number of carbonyl (C=O) groups is 1. The van der Waals surface area contributed by atoms with E-state index in [2.05, 4.69) is 15.2 Å². The molecule has 5 nitrogen and oxygen atoms in total. The molecule has 0 spiro atoms. The monoisotopic (exact) mass is 395 g/mol. The van der Waals surface area contributed by atoms with Gasteiger partial charge in [-0.1, -0.05) is 29.8 Å². The minimum absolute atomic E-state index is 0.0342. The first-order valence-electron chi connectivity index (χ1n) is 9.37. The van der Waals surface area contributed by atoms with Gasteiger partial charge in [-0.15, -0.1) is 0 Å². The van der Waals surface area contributed by atoms with E-state index < -0.39 is 0 Å². The first kappa shape index (κ1) is 18.9. The number of morpholine rings is 1. The Morgan fingerprint density at radius 2 is 2.04 bits per heavy atom. The van der Waals surface area contributed by atoms with Crippen molar-refractivity contribution in [1.82, 2.24) is 9.88 Å². The number of amides is 1. The summed E-state index contributed by atoms with van der Waals surface area (Å²) >= 11 is 5.98. The molecule has 1 aliphatic rings. The zero-order valence-corrected chi connectivity index (χ0v) is 16.4. The number of hydrogen-bond acceptors (Lipinski definition) is 4. The Morgan fingerprint density at radius 1 is 1.21 bits per heavy atom. The largest absolute Gasteiger partial charge is 0.371 e. The van der Waals surface area contributed by atoms with Crippen LogP contribution in [0.15, 0.2) is 60.8 Å². The predicted octanol–water partition coefficient (Wildman–Crippen LogP) is 4.29. The van der Waals surface area contributed by atoms with E-state index in [1.807, 2.05) is 61.5 Å². The number of pyridine rings is 1. The number of fused-ring (bicyclic) bond motifs is 1. The Bertz CT molecular complexity index is 972. The summed E-state index contributed by atoms with van der Waals surface area (Å²) in [5, 5.41) is 4.70. The van der Waals surface area contributed by atoms with E-state index >= 15 is 0 Å². The highest BCUT2D eigenvalue weighted by molar-refractivity contribution is 6.30. The van der Waals surface area contributed by atoms with Crippen LogP contribution < -0.4 is 5.32 Å². The number of halogens is 1. The van der Waals surface area contributed by atoms with E-state index in [1.165, 1.54) is 0 Å². The van der Waals surface area contributed by atoms with E-state index in [9.17, 15) is 4.79 Å². The van der Waals surface area contributed by atoms with Gasteiger partial charge in [0, 0.05) is 29.7 Å². The summed E-state index contributed by atoms with van der Waals surface area (Å²) in [6.45, 7) is 3.90. The van der Waals surface area contributed by atoms with Crippen molar-refractivity contribution in [2.24, 2.45) is 0 Å². The van der Waals surface area contributed by atoms with Crippen LogP contribution in [0.5, 0.6) is 0 Å². The second-order valence-electron chi connectivity index (χ2n) is 6.95. The fourth-order valence-corrected chi connectivity index (χ4v) is 3.64. The van der Waals surface area contributed by atoms with Gasteiger partial charge in [-0.05, 0) is 48.9 Å². The summed E-state index contributed by atoms with van der Waals surface area (Å²) in [5.41, 5.74) is 2.72. The average Bonchev–Trinajstić information content (AvgIpc) is 2.74. The number of hydrogen-bond donors (Lipinski definition) is 1. The minimum Gasteiger partial charge on any atom is -0.371 e. The molecule has 0 saturated carbocycles. The summed E-state index contributed by atoms with van der Waals surface area (Å²) in [6, 6.07) is 17.0. The van der Waals surface area contributed by atoms with Crippen LogP contribution in [0.25, 0.3) is 10.9 Å². The van der Waals surface area contributed by atoms with Crippen molar-refractivity contribution in [3.05, 3.63) is 71.4 Å². The summed E-state index contributed by atoms with van der Waals surface area (Å²) < 4.78 is 5.92. The number of nitrogens with zero attached hydrogens (tertiary/aromatic N) is 2. The highest BCUT2D eigenvalue weighted by Gasteiger charge is 2.29. The molecule has 3 aromatic rings. The molecule has 1 fully saturated rings. The first-order valence-corrected chi connectivity index (χ1v) is 9.75. The van der Waals surface area contributed by atoms with Crippen LogP contribution in [0.3, 0.4) is 0 Å². The maximum atomic E-state index is 12.9. The summed E-state index contributed by atoms with van der Waals surface area (Å²) in [6.07, 6.45) is 1.68. The van der Waals surface area contributed by atoms with Crippen molar-refractivity contribution in [2.75, 3.05) is 25.0 Å². The predicted molar refractivity (Wildman–Crippen MR) is 112 cm³/mol. The molecule has 0 aliphatic carbocycles. The number of carbonyl (C=O) groups excluding carboxylic acids is 1. The lowest BCUT2D eigenvalue weighted by Crippen LogP contribution is -2.48. The molecule has 1 amide bonds. The molecule has 0 bridgehead atoms. The molecular formula is C22H22ClN3O2. The van der Waals surface area contributed by atoms with Gasteiger partial charge in [0.25, 0.3) is 0 Å². The molecule has 1 aromatic heterocycles. The van der Waals surface area contributed by atoms with Crippen LogP contribution in [0.1, 0.15) is 18.6 Å². The molecule has 1 saturated heterocycles. The average molecular weight is 396 g/mol. The van der Waals surface area contributed by atoms with Crippen LogP contribution >= 0.6 is 11.6 Å². The Balaban J connectivity index is 1.46. The SMILES string of the molecule is C[C@@H](C(=O)Nc1cccc2ncccc12)N1CCO[C@@H](c2ccc(Cl)cc2)C1. The Hall–Kier alpha value is -2.47. The van der Waals surface area contributed by atoms with Gasteiger partial charge in [0.1, 0.15) is 0 Å². The molecule has 1 aliphatic heterocycles. The lowest BCUT2D eigenvalue weighted by molar-refractivity contribution is -0.124. The standard InChI is InChI=1S/C22H22ClN3O2/c1-15(22(27)25-20-6-2-5-19-18(20)4-3-11-24-19)26-12-13-28-21(14-26)16-7-9-17(23)10-8-16/h2-11,15,21H,12-14H2,1H3,(H,25,27)/t15-,21+/m0/s1. The third-order valence-corrected chi connectivity index (χ3v) is 5.42. The van der Waals surface area contributed by atoms with Gasteiger partial charge in [0.15, 0.2) is 0 Å². The fourth-order valence-electron chi connectivity index (χ4n) is 3.52. The van der Waals surface area contributed by atoms with E-state index in [-0.39, 0.29) is 18.1 Å². The zero-order valence-electron chi connectivity index (χ0n) is 15.6. The van der Waals surface area contributed by atoms with Crippen molar-refractivity contribution in [2.45, 2.75) is 19.1 Å². The minimum atomic E-state index is -0.273. The lowest BCUT2D eigenvalue weighted by atomic mass is 10.1. The van der Waals surface area contributed by atoms with E-state index in [1.54, 1.807) is 6.20 Å². The molecule has 2 heterocycles. The van der Waals surface area contributed by atoms with Gasteiger partial charge in [-0.2, -0.15) is 0 Å². The second-order valence-corrected chi connectivity index (χ2v) is 7.38. The molecule has 2 atom stereocenters. The second kappa shape index (κ2) is 8.27. The summed E-state index contributed by atoms with van der Waals surface area (Å²) in [7, 11) is 0. The Labute approximate surface area is 169 Å². The van der Waals surface area contributed by atoms with Gasteiger partial charge in [-0.25, -0.2) is 0 Å². The summed E-state index contributed by atoms with van der Waals surface area (Å²) in [5.74, 6) is -0.0342. The highest BCUT2D eigenvalue weighted by atomic mass is 35.5. The number of rotatable bonds is 4. The van der Waals surface area contributed by atoms with Crippen LogP contribution in [0.2, 0.25) is 5.02 Å². The Morgan fingerprint density at radius 3 is 2.86 bits per heavy atom. The van der Waals surface area contributed by atoms with Crippen molar-refractivity contribution in [3.63, 3.8) is 0 Å². The third kappa shape index (κ3) is 4.02. The fraction of sp³-hybridized carbons (Fsp3) is 0.273. The van der Waals surface area contributed by atoms with Crippen LogP contribution in [-0.4, -0.2) is 41.5 Å². The van der Waals surface area contributed by atoms with Crippen molar-refractivity contribution in [3.8, 4) is 0 Å². The number of benzene rings is 2. The van der Waals surface area contributed by atoms with Crippen molar-refractivity contribution in [1.29, 1.82) is 0 Å².